The lowest BCUT2D eigenvalue weighted by Gasteiger charge is -2.31. The molecule has 2 aliphatic heterocycles. The van der Waals surface area contributed by atoms with Crippen LogP contribution in [-0.4, -0.2) is 60.8 Å². The zero-order valence-electron chi connectivity index (χ0n) is 18.4. The van der Waals surface area contributed by atoms with Gasteiger partial charge in [0.2, 0.25) is 5.91 Å². The zero-order valence-corrected chi connectivity index (χ0v) is 19.3. The van der Waals surface area contributed by atoms with E-state index in [-0.39, 0.29) is 23.5 Å². The second-order valence-electron chi connectivity index (χ2n) is 8.58. The molecule has 2 aromatic rings. The van der Waals surface area contributed by atoms with E-state index in [0.29, 0.717) is 68.6 Å². The van der Waals surface area contributed by atoms with E-state index in [1.807, 2.05) is 0 Å². The Morgan fingerprint density at radius 1 is 0.939 bits per heavy atom. The van der Waals surface area contributed by atoms with Gasteiger partial charge in [-0.25, -0.2) is 8.42 Å². The second kappa shape index (κ2) is 9.91. The minimum Gasteiger partial charge on any atom is -0.468 e. The van der Waals surface area contributed by atoms with Crippen LogP contribution in [0.2, 0.25) is 0 Å². The summed E-state index contributed by atoms with van der Waals surface area (Å²) in [4.78, 5) is 40.3. The molecule has 1 saturated heterocycles. The highest BCUT2D eigenvalue weighted by molar-refractivity contribution is 7.91. The molecule has 0 aliphatic carbocycles. The number of sulfone groups is 1. The molecule has 0 unspecified atom stereocenters. The molecule has 3 amide bonds. The van der Waals surface area contributed by atoms with Crippen LogP contribution in [0.4, 0.5) is 0 Å². The number of carbonyl (C=O) groups is 3. The van der Waals surface area contributed by atoms with Crippen molar-refractivity contribution in [1.29, 1.82) is 0 Å². The van der Waals surface area contributed by atoms with Crippen LogP contribution >= 0.6 is 0 Å². The first-order valence-electron chi connectivity index (χ1n) is 11.3. The van der Waals surface area contributed by atoms with Gasteiger partial charge in [-0.2, -0.15) is 0 Å². The van der Waals surface area contributed by atoms with Gasteiger partial charge in [0.25, 0.3) is 11.8 Å². The zero-order chi connectivity index (χ0) is 23.4. The van der Waals surface area contributed by atoms with Crippen LogP contribution in [0.15, 0.2) is 47.1 Å². The van der Waals surface area contributed by atoms with Crippen molar-refractivity contribution < 1.29 is 27.2 Å². The van der Waals surface area contributed by atoms with Gasteiger partial charge in [0.1, 0.15) is 11.5 Å². The fourth-order valence-electron chi connectivity index (χ4n) is 4.50. The quantitative estimate of drug-likeness (QED) is 0.410. The van der Waals surface area contributed by atoms with Gasteiger partial charge in [-0.3, -0.25) is 19.3 Å². The van der Waals surface area contributed by atoms with Crippen LogP contribution < -0.4 is 0 Å². The maximum atomic E-state index is 12.6. The van der Waals surface area contributed by atoms with Crippen LogP contribution in [0.25, 0.3) is 0 Å². The Morgan fingerprint density at radius 2 is 1.61 bits per heavy atom. The molecule has 4 rings (SSSR count). The average Bonchev–Trinajstić information content (AvgIpc) is 3.40. The number of likely N-dealkylation sites (tertiary alicyclic amines) is 1. The third-order valence-corrected chi connectivity index (χ3v) is 8.55. The Hall–Kier alpha value is -2.94. The van der Waals surface area contributed by atoms with Gasteiger partial charge in [0.15, 0.2) is 9.84 Å². The highest BCUT2D eigenvalue weighted by atomic mass is 32.2. The van der Waals surface area contributed by atoms with E-state index >= 15 is 0 Å². The molecule has 0 atom stereocenters. The Morgan fingerprint density at radius 3 is 2.21 bits per heavy atom. The van der Waals surface area contributed by atoms with Gasteiger partial charge in [-0.1, -0.05) is 18.6 Å². The lowest BCUT2D eigenvalue weighted by Crippen LogP contribution is -2.42. The van der Waals surface area contributed by atoms with Crippen LogP contribution in [0.3, 0.4) is 0 Å². The summed E-state index contributed by atoms with van der Waals surface area (Å²) in [6, 6.07) is 10.2. The maximum absolute atomic E-state index is 12.6. The van der Waals surface area contributed by atoms with E-state index in [4.69, 9.17) is 4.42 Å². The number of hydrogen-bond acceptors (Lipinski definition) is 6. The summed E-state index contributed by atoms with van der Waals surface area (Å²) >= 11 is 0. The second-order valence-corrected chi connectivity index (χ2v) is 10.9. The molecular weight excluding hydrogens is 444 g/mol. The Kier molecular flexibility index (Phi) is 6.97. The van der Waals surface area contributed by atoms with Gasteiger partial charge < -0.3 is 9.32 Å². The SMILES string of the molecule is O=C(CCCCCN1C(=O)c2ccccc2C1=O)N1CCC(S(=O)(=O)Cc2ccco2)CC1. The number of imide groups is 1. The van der Waals surface area contributed by atoms with Crippen LogP contribution in [0.1, 0.15) is 65.0 Å². The number of carbonyl (C=O) groups excluding carboxylic acids is 3. The van der Waals surface area contributed by atoms with E-state index < -0.39 is 15.1 Å². The van der Waals surface area contributed by atoms with E-state index in [9.17, 15) is 22.8 Å². The lowest BCUT2D eigenvalue weighted by atomic mass is 10.1. The van der Waals surface area contributed by atoms with Crippen molar-refractivity contribution >= 4 is 27.6 Å². The van der Waals surface area contributed by atoms with Gasteiger partial charge in [0.05, 0.1) is 22.6 Å². The predicted octanol–water partition coefficient (Wildman–Crippen LogP) is 3.04. The molecule has 0 saturated carbocycles. The lowest BCUT2D eigenvalue weighted by molar-refractivity contribution is -0.132. The molecule has 0 spiro atoms. The molecule has 0 radical (unpaired) electrons. The molecule has 1 aromatic carbocycles. The fourth-order valence-corrected chi connectivity index (χ4v) is 6.22. The highest BCUT2D eigenvalue weighted by Crippen LogP contribution is 2.24. The molecule has 3 heterocycles. The summed E-state index contributed by atoms with van der Waals surface area (Å²) in [6.07, 6.45) is 4.76. The number of piperidine rings is 1. The van der Waals surface area contributed by atoms with Gasteiger partial charge >= 0.3 is 0 Å². The summed E-state index contributed by atoms with van der Waals surface area (Å²) in [5.41, 5.74) is 0.902. The summed E-state index contributed by atoms with van der Waals surface area (Å²) in [5.74, 6) is -0.147. The number of hydrogen-bond donors (Lipinski definition) is 0. The Labute approximate surface area is 193 Å². The molecule has 33 heavy (non-hydrogen) atoms. The average molecular weight is 473 g/mol. The van der Waals surface area contributed by atoms with Crippen molar-refractivity contribution in [2.45, 2.75) is 49.5 Å². The number of benzene rings is 1. The third-order valence-electron chi connectivity index (χ3n) is 6.38. The number of amides is 3. The van der Waals surface area contributed by atoms with Crippen molar-refractivity contribution in [1.82, 2.24) is 9.80 Å². The third kappa shape index (κ3) is 5.19. The Bertz CT molecular complexity index is 1080. The van der Waals surface area contributed by atoms with E-state index in [2.05, 4.69) is 0 Å². The number of nitrogens with zero attached hydrogens (tertiary/aromatic N) is 2. The minimum atomic E-state index is -3.31. The van der Waals surface area contributed by atoms with E-state index in [0.717, 1.165) is 6.42 Å². The van der Waals surface area contributed by atoms with Gasteiger partial charge in [-0.05, 0) is 49.9 Å². The number of fused-ring (bicyclic) bond motifs is 1. The van der Waals surface area contributed by atoms with Crippen LogP contribution in [-0.2, 0) is 20.4 Å². The number of unbranched alkanes of at least 4 members (excludes halogenated alkanes) is 2. The molecule has 0 bridgehead atoms. The topological polar surface area (TPSA) is 105 Å². The molecular formula is C24H28N2O6S. The predicted molar refractivity (Wildman–Crippen MR) is 121 cm³/mol. The molecule has 176 valence electrons. The summed E-state index contributed by atoms with van der Waals surface area (Å²) in [5, 5.41) is -0.452. The van der Waals surface area contributed by atoms with Crippen molar-refractivity contribution in [3.63, 3.8) is 0 Å². The van der Waals surface area contributed by atoms with Crippen molar-refractivity contribution in [3.8, 4) is 0 Å². The molecule has 9 heteroatoms. The smallest absolute Gasteiger partial charge is 0.261 e. The van der Waals surface area contributed by atoms with Gasteiger partial charge in [0, 0.05) is 26.1 Å². The molecule has 1 fully saturated rings. The monoisotopic (exact) mass is 472 g/mol. The van der Waals surface area contributed by atoms with Crippen molar-refractivity contribution in [2.24, 2.45) is 0 Å². The summed E-state index contributed by atoms with van der Waals surface area (Å²) in [7, 11) is -3.31. The van der Waals surface area contributed by atoms with Crippen LogP contribution in [0.5, 0.6) is 0 Å². The number of furan rings is 1. The maximum Gasteiger partial charge on any atom is 0.261 e. The number of rotatable bonds is 9. The van der Waals surface area contributed by atoms with Crippen molar-refractivity contribution in [2.75, 3.05) is 19.6 Å². The van der Waals surface area contributed by atoms with E-state index in [1.54, 1.807) is 41.3 Å². The summed E-state index contributed by atoms with van der Waals surface area (Å²) < 4.78 is 30.3. The Balaban J connectivity index is 1.15. The standard InChI is InChI=1S/C24H28N2O6S/c27-22(25-14-11-19(12-15-25)33(30,31)17-18-7-6-16-32-18)10-2-1-5-13-26-23(28)20-8-3-4-9-21(20)24(26)29/h3-4,6-9,16,19H,1-2,5,10-15,17H2. The molecule has 0 N–H and O–H groups in total. The van der Waals surface area contributed by atoms with Gasteiger partial charge in [-0.15, -0.1) is 0 Å². The normalized spacial score (nSPS) is 17.0. The molecule has 8 nitrogen and oxygen atoms in total. The largest absolute Gasteiger partial charge is 0.468 e. The van der Waals surface area contributed by atoms with Crippen molar-refractivity contribution in [3.05, 3.63) is 59.5 Å². The summed E-state index contributed by atoms with van der Waals surface area (Å²) in [6.45, 7) is 1.23. The van der Waals surface area contributed by atoms with E-state index in [1.165, 1.54) is 11.2 Å². The molecule has 1 aromatic heterocycles. The highest BCUT2D eigenvalue weighted by Gasteiger charge is 2.34. The first kappa shape index (κ1) is 23.2. The van der Waals surface area contributed by atoms with Crippen LogP contribution in [0, 0.1) is 0 Å². The minimum absolute atomic E-state index is 0.0256. The first-order chi connectivity index (χ1) is 15.9. The fraction of sp³-hybridized carbons (Fsp3) is 0.458. The first-order valence-corrected chi connectivity index (χ1v) is 13.1. The molecule has 2 aliphatic rings.